The van der Waals surface area contributed by atoms with Crippen molar-refractivity contribution in [2.45, 2.75) is 32.1 Å². The molecule has 2 fully saturated rings. The molecule has 0 heterocycles. The van der Waals surface area contributed by atoms with Crippen LogP contribution >= 0.6 is 23.2 Å². The van der Waals surface area contributed by atoms with Gasteiger partial charge in [-0.1, -0.05) is 41.8 Å². The molecule has 2 aliphatic rings. The lowest BCUT2D eigenvalue weighted by atomic mass is 9.70. The van der Waals surface area contributed by atoms with Crippen LogP contribution < -0.4 is 0 Å². The van der Waals surface area contributed by atoms with Crippen molar-refractivity contribution < 1.29 is 0 Å². The summed E-state index contributed by atoms with van der Waals surface area (Å²) < 4.78 is 0. The van der Waals surface area contributed by atoms with E-state index < -0.39 is 0 Å². The maximum absolute atomic E-state index is 9.63. The fraction of sp³-hybridized carbons (Fsp3) is 0.533. The fourth-order valence-electron chi connectivity index (χ4n) is 3.86. The van der Waals surface area contributed by atoms with Crippen LogP contribution in [0.5, 0.6) is 0 Å². The lowest BCUT2D eigenvalue weighted by Gasteiger charge is -2.31. The van der Waals surface area contributed by atoms with Crippen LogP contribution in [0.25, 0.3) is 0 Å². The summed E-state index contributed by atoms with van der Waals surface area (Å²) in [6, 6.07) is 8.32. The van der Waals surface area contributed by atoms with Gasteiger partial charge in [0.15, 0.2) is 0 Å². The van der Waals surface area contributed by atoms with Gasteiger partial charge in [0.25, 0.3) is 0 Å². The van der Waals surface area contributed by atoms with Gasteiger partial charge in [0, 0.05) is 0 Å². The molecule has 0 spiro atoms. The van der Waals surface area contributed by atoms with E-state index in [1.807, 2.05) is 12.1 Å². The van der Waals surface area contributed by atoms with Gasteiger partial charge in [-0.2, -0.15) is 5.26 Å². The van der Waals surface area contributed by atoms with Crippen molar-refractivity contribution in [3.63, 3.8) is 0 Å². The Balaban J connectivity index is 1.92. The summed E-state index contributed by atoms with van der Waals surface area (Å²) in [5.74, 6) is 1.31. The quantitative estimate of drug-likeness (QED) is 0.758. The molecule has 0 aliphatic heterocycles. The molecule has 3 atom stereocenters. The zero-order valence-electron chi connectivity index (χ0n) is 10.1. The topological polar surface area (TPSA) is 23.8 Å². The van der Waals surface area contributed by atoms with Crippen LogP contribution in [0.2, 0.25) is 10.0 Å². The lowest BCUT2D eigenvalue weighted by Crippen LogP contribution is -2.28. The van der Waals surface area contributed by atoms with Gasteiger partial charge in [0.2, 0.25) is 0 Å². The second-order valence-corrected chi connectivity index (χ2v) is 6.52. The molecule has 3 rings (SSSR count). The zero-order valence-corrected chi connectivity index (χ0v) is 11.6. The third-order valence-corrected chi connectivity index (χ3v) is 5.59. The molecule has 2 bridgehead atoms. The summed E-state index contributed by atoms with van der Waals surface area (Å²) in [6.45, 7) is 0. The maximum atomic E-state index is 9.63. The number of hydrogen-bond acceptors (Lipinski definition) is 1. The minimum absolute atomic E-state index is 0.197. The van der Waals surface area contributed by atoms with Gasteiger partial charge in [0.05, 0.1) is 21.5 Å². The molecule has 2 saturated carbocycles. The third-order valence-electron chi connectivity index (χ3n) is 4.74. The number of nitrogens with zero attached hydrogens (tertiary/aromatic N) is 1. The SMILES string of the molecule is N#CC1(Cc2cccc(Cl)c2Cl)CC2CCC1C2. The molecule has 1 aromatic carbocycles. The Morgan fingerprint density at radius 3 is 2.78 bits per heavy atom. The second kappa shape index (κ2) is 4.44. The third kappa shape index (κ3) is 1.83. The fourth-order valence-corrected chi connectivity index (χ4v) is 4.25. The molecule has 94 valence electrons. The molecule has 2 aliphatic carbocycles. The molecule has 0 amide bonds. The molecule has 3 heteroatoms. The summed E-state index contributed by atoms with van der Waals surface area (Å²) >= 11 is 12.3. The normalized spacial score (nSPS) is 33.6. The first kappa shape index (κ1) is 12.3. The smallest absolute Gasteiger partial charge is 0.0696 e. The average molecular weight is 280 g/mol. The van der Waals surface area contributed by atoms with E-state index in [0.717, 1.165) is 24.3 Å². The van der Waals surface area contributed by atoms with E-state index in [-0.39, 0.29) is 5.41 Å². The van der Waals surface area contributed by atoms with Crippen molar-refractivity contribution in [3.05, 3.63) is 33.8 Å². The standard InChI is InChI=1S/C15H15Cl2N/c16-13-3-1-2-11(14(13)17)8-15(9-18)7-10-4-5-12(15)6-10/h1-3,10,12H,4-8H2. The number of hydrogen-bond donors (Lipinski definition) is 0. The van der Waals surface area contributed by atoms with Crippen LogP contribution in [0.4, 0.5) is 0 Å². The highest BCUT2D eigenvalue weighted by Crippen LogP contribution is 2.57. The lowest BCUT2D eigenvalue weighted by molar-refractivity contribution is 0.239. The van der Waals surface area contributed by atoms with E-state index in [9.17, 15) is 5.26 Å². The minimum Gasteiger partial charge on any atom is -0.198 e. The summed E-state index contributed by atoms with van der Waals surface area (Å²) in [7, 11) is 0. The van der Waals surface area contributed by atoms with E-state index >= 15 is 0 Å². The van der Waals surface area contributed by atoms with Gasteiger partial charge in [-0.25, -0.2) is 0 Å². The Morgan fingerprint density at radius 1 is 1.33 bits per heavy atom. The first-order valence-electron chi connectivity index (χ1n) is 6.49. The number of rotatable bonds is 2. The Morgan fingerprint density at radius 2 is 2.17 bits per heavy atom. The van der Waals surface area contributed by atoms with E-state index in [2.05, 4.69) is 6.07 Å². The van der Waals surface area contributed by atoms with E-state index in [1.54, 1.807) is 6.07 Å². The molecule has 18 heavy (non-hydrogen) atoms. The van der Waals surface area contributed by atoms with Gasteiger partial charge in [0.1, 0.15) is 0 Å². The Kier molecular flexibility index (Phi) is 3.04. The average Bonchev–Trinajstić information content (AvgIpc) is 2.96. The zero-order chi connectivity index (χ0) is 12.8. The molecule has 0 saturated heterocycles. The van der Waals surface area contributed by atoms with Crippen LogP contribution in [-0.4, -0.2) is 0 Å². The first-order valence-corrected chi connectivity index (χ1v) is 7.24. The van der Waals surface area contributed by atoms with E-state index in [1.165, 1.54) is 19.3 Å². The summed E-state index contributed by atoms with van der Waals surface area (Å²) in [6.07, 6.45) is 5.53. The number of fused-ring (bicyclic) bond motifs is 2. The summed E-state index contributed by atoms with van der Waals surface area (Å²) in [4.78, 5) is 0. The molecular formula is C15H15Cl2N. The molecular weight excluding hydrogens is 265 g/mol. The van der Waals surface area contributed by atoms with Gasteiger partial charge in [-0.05, 0) is 49.1 Å². The van der Waals surface area contributed by atoms with Crippen molar-refractivity contribution in [3.8, 4) is 6.07 Å². The van der Waals surface area contributed by atoms with Crippen molar-refractivity contribution in [2.75, 3.05) is 0 Å². The predicted molar refractivity (Wildman–Crippen MR) is 73.7 cm³/mol. The van der Waals surface area contributed by atoms with Crippen LogP contribution in [-0.2, 0) is 6.42 Å². The molecule has 1 nitrogen and oxygen atoms in total. The highest BCUT2D eigenvalue weighted by atomic mass is 35.5. The monoisotopic (exact) mass is 279 g/mol. The molecule has 0 N–H and O–H groups in total. The molecule has 0 radical (unpaired) electrons. The number of halogens is 2. The van der Waals surface area contributed by atoms with Crippen molar-refractivity contribution in [1.82, 2.24) is 0 Å². The molecule has 1 aromatic rings. The van der Waals surface area contributed by atoms with Crippen LogP contribution in [0.15, 0.2) is 18.2 Å². The van der Waals surface area contributed by atoms with Gasteiger partial charge in [-0.3, -0.25) is 0 Å². The van der Waals surface area contributed by atoms with E-state index in [0.29, 0.717) is 16.0 Å². The Labute approximate surface area is 118 Å². The minimum atomic E-state index is -0.197. The van der Waals surface area contributed by atoms with Gasteiger partial charge in [-0.15, -0.1) is 0 Å². The summed E-state index contributed by atoms with van der Waals surface area (Å²) in [5, 5.41) is 10.8. The van der Waals surface area contributed by atoms with Crippen LogP contribution in [0, 0.1) is 28.6 Å². The van der Waals surface area contributed by atoms with Crippen LogP contribution in [0.3, 0.4) is 0 Å². The second-order valence-electron chi connectivity index (χ2n) is 5.74. The Bertz CT molecular complexity index is 520. The van der Waals surface area contributed by atoms with Gasteiger partial charge < -0.3 is 0 Å². The summed E-state index contributed by atoms with van der Waals surface area (Å²) in [5.41, 5.74) is 0.829. The molecule has 3 unspecified atom stereocenters. The highest BCUT2D eigenvalue weighted by molar-refractivity contribution is 6.42. The van der Waals surface area contributed by atoms with Gasteiger partial charge >= 0.3 is 0 Å². The number of nitriles is 1. The van der Waals surface area contributed by atoms with Crippen molar-refractivity contribution in [1.29, 1.82) is 5.26 Å². The predicted octanol–water partition coefficient (Wildman–Crippen LogP) is 4.87. The first-order chi connectivity index (χ1) is 8.64. The van der Waals surface area contributed by atoms with Crippen LogP contribution in [0.1, 0.15) is 31.2 Å². The van der Waals surface area contributed by atoms with E-state index in [4.69, 9.17) is 23.2 Å². The Hall–Kier alpha value is -0.710. The molecule has 0 aromatic heterocycles. The van der Waals surface area contributed by atoms with Crippen molar-refractivity contribution >= 4 is 23.2 Å². The maximum Gasteiger partial charge on any atom is 0.0696 e. The largest absolute Gasteiger partial charge is 0.198 e. The highest BCUT2D eigenvalue weighted by Gasteiger charge is 2.51. The van der Waals surface area contributed by atoms with Crippen molar-refractivity contribution in [2.24, 2.45) is 17.3 Å². The number of benzene rings is 1.